The highest BCUT2D eigenvalue weighted by Crippen LogP contribution is 2.45. The largest absolute Gasteiger partial charge is 0.0616 e. The van der Waals surface area contributed by atoms with Crippen LogP contribution in [0.25, 0.3) is 76.5 Å². The van der Waals surface area contributed by atoms with E-state index in [2.05, 4.69) is 159 Å². The highest BCUT2D eigenvalue weighted by Gasteiger charge is 2.18. The summed E-state index contributed by atoms with van der Waals surface area (Å²) >= 11 is 0. The van der Waals surface area contributed by atoms with Gasteiger partial charge in [-0.05, 0) is 101 Å². The number of aryl methyl sites for hydroxylation is 1. The van der Waals surface area contributed by atoms with Gasteiger partial charge >= 0.3 is 0 Å². The van der Waals surface area contributed by atoms with Crippen LogP contribution in [0.5, 0.6) is 0 Å². The van der Waals surface area contributed by atoms with E-state index >= 15 is 0 Å². The highest BCUT2D eigenvalue weighted by atomic mass is 14.2. The molecule has 8 rings (SSSR count). The molecule has 0 heterocycles. The Hall–Kier alpha value is -5.20. The molecule has 0 saturated carbocycles. The van der Waals surface area contributed by atoms with E-state index in [1.807, 2.05) is 0 Å². The monoisotopic (exact) mass is 520 g/mol. The molecule has 0 spiro atoms. The van der Waals surface area contributed by atoms with E-state index in [0.29, 0.717) is 0 Å². The van der Waals surface area contributed by atoms with E-state index in [4.69, 9.17) is 0 Å². The van der Waals surface area contributed by atoms with Gasteiger partial charge in [0.15, 0.2) is 0 Å². The summed E-state index contributed by atoms with van der Waals surface area (Å²) in [7, 11) is 0. The summed E-state index contributed by atoms with van der Waals surface area (Å²) in [4.78, 5) is 0. The first-order valence-corrected chi connectivity index (χ1v) is 14.3. The minimum atomic E-state index is 1.23. The first kappa shape index (κ1) is 23.7. The lowest BCUT2D eigenvalue weighted by molar-refractivity contribution is 1.50. The Kier molecular flexibility index (Phi) is 5.47. The molecule has 0 heteroatoms. The molecule has 0 radical (unpaired) electrons. The van der Waals surface area contributed by atoms with Crippen LogP contribution >= 0.6 is 0 Å². The van der Waals surface area contributed by atoms with E-state index < -0.39 is 0 Å². The zero-order valence-corrected chi connectivity index (χ0v) is 22.9. The van der Waals surface area contributed by atoms with Gasteiger partial charge in [-0.15, -0.1) is 0 Å². The maximum absolute atomic E-state index is 2.37. The molecule has 8 aromatic carbocycles. The number of hydrogen-bond donors (Lipinski definition) is 0. The van der Waals surface area contributed by atoms with Gasteiger partial charge in [-0.2, -0.15) is 0 Å². The van der Waals surface area contributed by atoms with Gasteiger partial charge in [0.2, 0.25) is 0 Å². The maximum atomic E-state index is 2.37. The molecule has 8 aromatic rings. The summed E-state index contributed by atoms with van der Waals surface area (Å²) in [6, 6.07) is 55.6. The fraction of sp³-hybridized carbons (Fsp3) is 0.0244. The van der Waals surface area contributed by atoms with Crippen molar-refractivity contribution < 1.29 is 0 Å². The van der Waals surface area contributed by atoms with E-state index in [1.165, 1.54) is 82.0 Å². The molecule has 0 saturated heterocycles. The van der Waals surface area contributed by atoms with Gasteiger partial charge in [0, 0.05) is 0 Å². The van der Waals surface area contributed by atoms with Crippen molar-refractivity contribution in [3.05, 3.63) is 157 Å². The maximum Gasteiger partial charge on any atom is -0.00235 e. The van der Waals surface area contributed by atoms with Gasteiger partial charge < -0.3 is 0 Å². The summed E-state index contributed by atoms with van der Waals surface area (Å²) in [6.45, 7) is 2.24. The fourth-order valence-corrected chi connectivity index (χ4v) is 6.55. The third-order valence-electron chi connectivity index (χ3n) is 8.55. The molecule has 0 nitrogen and oxygen atoms in total. The summed E-state index contributed by atoms with van der Waals surface area (Å²) in [5, 5.41) is 10.2. The lowest BCUT2D eigenvalue weighted by Gasteiger charge is -2.19. The SMILES string of the molecule is Cc1cc2ccccc2cc1-c1c2ccccc2c(-c2ccc(-c3ccc4ccccc4c3)cc2)c2ccccc12. The quantitative estimate of drug-likeness (QED) is 0.203. The molecule has 0 bridgehead atoms. The molecule has 0 amide bonds. The van der Waals surface area contributed by atoms with Crippen molar-refractivity contribution in [1.29, 1.82) is 0 Å². The third-order valence-corrected chi connectivity index (χ3v) is 8.55. The molecule has 0 unspecified atom stereocenters. The molecule has 41 heavy (non-hydrogen) atoms. The molecular weight excluding hydrogens is 492 g/mol. The van der Waals surface area contributed by atoms with Gasteiger partial charge in [0.1, 0.15) is 0 Å². The molecular formula is C41H28. The minimum Gasteiger partial charge on any atom is -0.0616 e. The van der Waals surface area contributed by atoms with Crippen LogP contribution in [0.3, 0.4) is 0 Å². The van der Waals surface area contributed by atoms with Crippen LogP contribution in [0, 0.1) is 6.92 Å². The van der Waals surface area contributed by atoms with E-state index in [0.717, 1.165) is 0 Å². The first-order valence-electron chi connectivity index (χ1n) is 14.3. The average Bonchev–Trinajstić information content (AvgIpc) is 3.03. The van der Waals surface area contributed by atoms with Gasteiger partial charge in [0.05, 0.1) is 0 Å². The molecule has 0 aromatic heterocycles. The van der Waals surface area contributed by atoms with Crippen LogP contribution in [0.2, 0.25) is 0 Å². The number of hydrogen-bond acceptors (Lipinski definition) is 0. The summed E-state index contributed by atoms with van der Waals surface area (Å²) in [5.41, 5.74) is 8.92. The predicted molar refractivity (Wildman–Crippen MR) is 178 cm³/mol. The Balaban J connectivity index is 1.35. The Bertz CT molecular complexity index is 2190. The Labute approximate surface area is 240 Å². The van der Waals surface area contributed by atoms with Crippen molar-refractivity contribution >= 4 is 43.1 Å². The highest BCUT2D eigenvalue weighted by molar-refractivity contribution is 6.22. The fourth-order valence-electron chi connectivity index (χ4n) is 6.55. The molecule has 0 aliphatic heterocycles. The standard InChI is InChI=1S/C41H28/c1-27-24-31-11-4-5-13-33(31)26-39(27)41-37-16-8-6-14-35(37)40(36-15-7-9-17-38(36)41)30-21-18-29(19-22-30)34-23-20-28-10-2-3-12-32(28)25-34/h2-26H,1H3. The van der Waals surface area contributed by atoms with Crippen LogP contribution in [0.1, 0.15) is 5.56 Å². The second-order valence-corrected chi connectivity index (χ2v) is 11.0. The van der Waals surface area contributed by atoms with Crippen molar-refractivity contribution in [1.82, 2.24) is 0 Å². The van der Waals surface area contributed by atoms with Crippen LogP contribution in [0.4, 0.5) is 0 Å². The number of benzene rings is 8. The van der Waals surface area contributed by atoms with Crippen molar-refractivity contribution in [3.63, 3.8) is 0 Å². The van der Waals surface area contributed by atoms with Crippen molar-refractivity contribution in [2.24, 2.45) is 0 Å². The van der Waals surface area contributed by atoms with Gasteiger partial charge in [-0.3, -0.25) is 0 Å². The van der Waals surface area contributed by atoms with Crippen molar-refractivity contribution in [2.45, 2.75) is 6.92 Å². The van der Waals surface area contributed by atoms with E-state index in [9.17, 15) is 0 Å². The Morgan fingerprint density at radius 2 is 0.756 bits per heavy atom. The zero-order valence-electron chi connectivity index (χ0n) is 22.9. The normalized spacial score (nSPS) is 11.5. The Morgan fingerprint density at radius 3 is 1.37 bits per heavy atom. The van der Waals surface area contributed by atoms with Crippen LogP contribution < -0.4 is 0 Å². The number of fused-ring (bicyclic) bond motifs is 4. The van der Waals surface area contributed by atoms with Crippen LogP contribution in [0.15, 0.2) is 152 Å². The van der Waals surface area contributed by atoms with Crippen LogP contribution in [-0.4, -0.2) is 0 Å². The molecule has 192 valence electrons. The predicted octanol–water partition coefficient (Wildman–Crippen LogP) is 11.6. The summed E-state index contributed by atoms with van der Waals surface area (Å²) in [6.07, 6.45) is 0. The second-order valence-electron chi connectivity index (χ2n) is 11.0. The lowest BCUT2D eigenvalue weighted by Crippen LogP contribution is -1.92. The topological polar surface area (TPSA) is 0 Å². The molecule has 0 N–H and O–H groups in total. The zero-order chi connectivity index (χ0) is 27.3. The van der Waals surface area contributed by atoms with Gasteiger partial charge in [-0.25, -0.2) is 0 Å². The smallest absolute Gasteiger partial charge is 0.00235 e. The minimum absolute atomic E-state index is 1.23. The molecule has 0 fully saturated rings. The van der Waals surface area contributed by atoms with E-state index in [1.54, 1.807) is 0 Å². The average molecular weight is 521 g/mol. The summed E-state index contributed by atoms with van der Waals surface area (Å²) < 4.78 is 0. The summed E-state index contributed by atoms with van der Waals surface area (Å²) in [5.74, 6) is 0. The number of rotatable bonds is 3. The molecule has 0 aliphatic carbocycles. The van der Waals surface area contributed by atoms with Crippen molar-refractivity contribution in [2.75, 3.05) is 0 Å². The third kappa shape index (κ3) is 3.91. The second kappa shape index (κ2) is 9.47. The van der Waals surface area contributed by atoms with E-state index in [-0.39, 0.29) is 0 Å². The Morgan fingerprint density at radius 1 is 0.317 bits per heavy atom. The van der Waals surface area contributed by atoms with Crippen molar-refractivity contribution in [3.8, 4) is 33.4 Å². The molecule has 0 aliphatic rings. The van der Waals surface area contributed by atoms with Gasteiger partial charge in [-0.1, -0.05) is 140 Å². The molecule has 0 atom stereocenters. The van der Waals surface area contributed by atoms with Crippen LogP contribution in [-0.2, 0) is 0 Å². The lowest BCUT2D eigenvalue weighted by atomic mass is 9.84. The first-order chi connectivity index (χ1) is 20.2. The van der Waals surface area contributed by atoms with Gasteiger partial charge in [0.25, 0.3) is 0 Å².